The first-order valence-electron chi connectivity index (χ1n) is 8.99. The standard InChI is InChI=1S/C20H22ClNO6S/c1-5-26-19(24)15-11(3)16(20(25)27-6-2)29-18(15)22-17(23)12(4)28-14-9-7-8-13(21)10-14/h7-10,12H,5-6H2,1-4H3,(H,22,23)/t12-/m0/s1. The van der Waals surface area contributed by atoms with E-state index in [9.17, 15) is 14.4 Å². The van der Waals surface area contributed by atoms with E-state index in [-0.39, 0.29) is 28.7 Å². The van der Waals surface area contributed by atoms with E-state index in [4.69, 9.17) is 25.8 Å². The second kappa shape index (κ2) is 10.3. The fourth-order valence-corrected chi connectivity index (χ4v) is 3.73. The van der Waals surface area contributed by atoms with Crippen LogP contribution in [0.1, 0.15) is 46.4 Å². The number of hydrogen-bond donors (Lipinski definition) is 1. The summed E-state index contributed by atoms with van der Waals surface area (Å²) >= 11 is 6.88. The van der Waals surface area contributed by atoms with Crippen LogP contribution in [0, 0.1) is 6.92 Å². The molecule has 7 nitrogen and oxygen atoms in total. The third-order valence-electron chi connectivity index (χ3n) is 3.80. The van der Waals surface area contributed by atoms with Crippen LogP contribution in [0.3, 0.4) is 0 Å². The average molecular weight is 440 g/mol. The molecule has 1 amide bonds. The summed E-state index contributed by atoms with van der Waals surface area (Å²) in [5.41, 5.74) is 0.522. The molecule has 0 saturated carbocycles. The Labute approximate surface area is 177 Å². The smallest absolute Gasteiger partial charge is 0.348 e. The van der Waals surface area contributed by atoms with Crippen molar-refractivity contribution < 1.29 is 28.6 Å². The van der Waals surface area contributed by atoms with Crippen molar-refractivity contribution in [2.75, 3.05) is 18.5 Å². The van der Waals surface area contributed by atoms with Gasteiger partial charge in [0, 0.05) is 5.02 Å². The molecule has 0 spiro atoms. The molecule has 1 atom stereocenters. The van der Waals surface area contributed by atoms with Crippen molar-refractivity contribution >= 4 is 45.8 Å². The van der Waals surface area contributed by atoms with Gasteiger partial charge in [0.1, 0.15) is 15.6 Å². The molecule has 2 aromatic rings. The molecule has 1 N–H and O–H groups in total. The van der Waals surface area contributed by atoms with E-state index in [0.717, 1.165) is 11.3 Å². The molecule has 0 radical (unpaired) electrons. The molecule has 156 valence electrons. The van der Waals surface area contributed by atoms with Gasteiger partial charge in [-0.05, 0) is 51.5 Å². The normalized spacial score (nSPS) is 11.5. The van der Waals surface area contributed by atoms with Crippen LogP contribution in [0.4, 0.5) is 5.00 Å². The number of anilines is 1. The van der Waals surface area contributed by atoms with Crippen LogP contribution in [-0.2, 0) is 14.3 Å². The first-order valence-corrected chi connectivity index (χ1v) is 10.2. The Bertz CT molecular complexity index is 910. The Hall–Kier alpha value is -2.58. The maximum Gasteiger partial charge on any atom is 0.348 e. The van der Waals surface area contributed by atoms with Gasteiger partial charge in [-0.2, -0.15) is 0 Å². The van der Waals surface area contributed by atoms with Gasteiger partial charge in [-0.15, -0.1) is 11.3 Å². The van der Waals surface area contributed by atoms with Gasteiger partial charge in [0.05, 0.1) is 18.8 Å². The molecule has 0 aliphatic rings. The predicted molar refractivity (Wildman–Crippen MR) is 111 cm³/mol. The van der Waals surface area contributed by atoms with Gasteiger partial charge < -0.3 is 19.5 Å². The van der Waals surface area contributed by atoms with Crippen molar-refractivity contribution in [2.45, 2.75) is 33.8 Å². The zero-order chi connectivity index (χ0) is 21.6. The third-order valence-corrected chi connectivity index (χ3v) is 5.22. The van der Waals surface area contributed by atoms with E-state index in [2.05, 4.69) is 5.32 Å². The number of ether oxygens (including phenoxy) is 3. The summed E-state index contributed by atoms with van der Waals surface area (Å²) < 4.78 is 15.7. The second-order valence-corrected chi connectivity index (χ2v) is 7.37. The zero-order valence-corrected chi connectivity index (χ0v) is 18.1. The van der Waals surface area contributed by atoms with Crippen LogP contribution < -0.4 is 10.1 Å². The monoisotopic (exact) mass is 439 g/mol. The quantitative estimate of drug-likeness (QED) is 0.610. The number of thiophene rings is 1. The number of esters is 2. The highest BCUT2D eigenvalue weighted by atomic mass is 35.5. The van der Waals surface area contributed by atoms with Gasteiger partial charge in [0.2, 0.25) is 0 Å². The van der Waals surface area contributed by atoms with Crippen molar-refractivity contribution in [1.82, 2.24) is 0 Å². The summed E-state index contributed by atoms with van der Waals surface area (Å²) in [6, 6.07) is 6.66. The molecule has 29 heavy (non-hydrogen) atoms. The highest BCUT2D eigenvalue weighted by Crippen LogP contribution is 2.34. The van der Waals surface area contributed by atoms with Gasteiger partial charge >= 0.3 is 11.9 Å². The number of carbonyl (C=O) groups is 3. The Kier molecular flexibility index (Phi) is 8.04. The van der Waals surface area contributed by atoms with E-state index in [1.807, 2.05) is 0 Å². The number of carbonyl (C=O) groups excluding carboxylic acids is 3. The topological polar surface area (TPSA) is 90.9 Å². The zero-order valence-electron chi connectivity index (χ0n) is 16.5. The molecule has 0 saturated heterocycles. The molecule has 0 bridgehead atoms. The molecule has 1 aromatic carbocycles. The van der Waals surface area contributed by atoms with E-state index < -0.39 is 23.9 Å². The van der Waals surface area contributed by atoms with Crippen LogP contribution in [0.15, 0.2) is 24.3 Å². The summed E-state index contributed by atoms with van der Waals surface area (Å²) in [6.45, 7) is 6.88. The number of nitrogens with one attached hydrogen (secondary N) is 1. The third kappa shape index (κ3) is 5.71. The van der Waals surface area contributed by atoms with E-state index in [1.165, 1.54) is 0 Å². The van der Waals surface area contributed by atoms with Crippen molar-refractivity contribution in [1.29, 1.82) is 0 Å². The summed E-state index contributed by atoms with van der Waals surface area (Å²) in [7, 11) is 0. The minimum Gasteiger partial charge on any atom is -0.481 e. The van der Waals surface area contributed by atoms with Crippen LogP contribution in [-0.4, -0.2) is 37.2 Å². The summed E-state index contributed by atoms with van der Waals surface area (Å²) in [6.07, 6.45) is -0.878. The van der Waals surface area contributed by atoms with Gasteiger partial charge in [-0.3, -0.25) is 4.79 Å². The van der Waals surface area contributed by atoms with Crippen molar-refractivity contribution in [3.8, 4) is 5.75 Å². The molecule has 9 heteroatoms. The van der Waals surface area contributed by atoms with Crippen LogP contribution in [0.25, 0.3) is 0 Å². The lowest BCUT2D eigenvalue weighted by Crippen LogP contribution is -2.30. The fraction of sp³-hybridized carbons (Fsp3) is 0.350. The molecular weight excluding hydrogens is 418 g/mol. The molecular formula is C20H22ClNO6S. The molecule has 0 unspecified atom stereocenters. The molecule has 1 heterocycles. The first kappa shape index (κ1) is 22.7. The minimum absolute atomic E-state index is 0.128. The van der Waals surface area contributed by atoms with Crippen molar-refractivity contribution in [3.05, 3.63) is 45.3 Å². The van der Waals surface area contributed by atoms with Crippen LogP contribution in [0.5, 0.6) is 5.75 Å². The number of hydrogen-bond acceptors (Lipinski definition) is 7. The van der Waals surface area contributed by atoms with E-state index in [0.29, 0.717) is 16.3 Å². The highest BCUT2D eigenvalue weighted by molar-refractivity contribution is 7.18. The molecule has 0 aliphatic carbocycles. The van der Waals surface area contributed by atoms with Crippen molar-refractivity contribution in [3.63, 3.8) is 0 Å². The fourth-order valence-electron chi connectivity index (χ4n) is 2.45. The largest absolute Gasteiger partial charge is 0.481 e. The second-order valence-electron chi connectivity index (χ2n) is 5.91. The summed E-state index contributed by atoms with van der Waals surface area (Å²) in [5.74, 6) is -1.26. The number of rotatable bonds is 8. The van der Waals surface area contributed by atoms with Gasteiger partial charge in [-0.1, -0.05) is 17.7 Å². The lowest BCUT2D eigenvalue weighted by molar-refractivity contribution is -0.122. The molecule has 1 aromatic heterocycles. The maximum absolute atomic E-state index is 12.6. The highest BCUT2D eigenvalue weighted by Gasteiger charge is 2.28. The molecule has 0 fully saturated rings. The maximum atomic E-state index is 12.6. The Balaban J connectivity index is 2.27. The lowest BCUT2D eigenvalue weighted by Gasteiger charge is -2.15. The Morgan fingerprint density at radius 2 is 1.79 bits per heavy atom. The lowest BCUT2D eigenvalue weighted by atomic mass is 10.1. The SMILES string of the molecule is CCOC(=O)c1sc(NC(=O)[C@H](C)Oc2cccc(Cl)c2)c(C(=O)OCC)c1C. The van der Waals surface area contributed by atoms with E-state index in [1.54, 1.807) is 52.0 Å². The summed E-state index contributed by atoms with van der Waals surface area (Å²) in [4.78, 5) is 37.4. The van der Waals surface area contributed by atoms with Gasteiger partial charge in [0.15, 0.2) is 6.10 Å². The Morgan fingerprint density at radius 3 is 2.41 bits per heavy atom. The number of halogens is 1. The molecule has 0 aliphatic heterocycles. The number of amides is 1. The number of benzene rings is 1. The predicted octanol–water partition coefficient (Wildman–Crippen LogP) is 4.47. The minimum atomic E-state index is -0.878. The van der Waals surface area contributed by atoms with Crippen LogP contribution >= 0.6 is 22.9 Å². The first-order chi connectivity index (χ1) is 13.8. The molecule has 2 rings (SSSR count). The van der Waals surface area contributed by atoms with Gasteiger partial charge in [-0.25, -0.2) is 9.59 Å². The van der Waals surface area contributed by atoms with Crippen molar-refractivity contribution in [2.24, 2.45) is 0 Å². The van der Waals surface area contributed by atoms with Gasteiger partial charge in [0.25, 0.3) is 5.91 Å². The average Bonchev–Trinajstić information content (AvgIpc) is 2.98. The Morgan fingerprint density at radius 1 is 1.14 bits per heavy atom. The van der Waals surface area contributed by atoms with Crippen LogP contribution in [0.2, 0.25) is 5.02 Å². The van der Waals surface area contributed by atoms with E-state index >= 15 is 0 Å². The summed E-state index contributed by atoms with van der Waals surface area (Å²) in [5, 5.41) is 3.34.